The van der Waals surface area contributed by atoms with Crippen molar-refractivity contribution < 1.29 is 8.42 Å². The second-order valence-corrected chi connectivity index (χ2v) is 7.91. The third-order valence-corrected chi connectivity index (χ3v) is 6.00. The Morgan fingerprint density at radius 1 is 1.04 bits per heavy atom. The summed E-state index contributed by atoms with van der Waals surface area (Å²) in [5.74, 6) is 2.31. The molecule has 0 N–H and O–H groups in total. The van der Waals surface area contributed by atoms with Crippen molar-refractivity contribution in [3.8, 4) is 5.82 Å². The smallest absolute Gasteiger partial charge is 0.281 e. The molecule has 130 valence electrons. The molecule has 10 heteroatoms. The van der Waals surface area contributed by atoms with Crippen LogP contribution in [0.4, 0.5) is 5.82 Å². The van der Waals surface area contributed by atoms with Crippen LogP contribution in [0.25, 0.3) is 5.82 Å². The van der Waals surface area contributed by atoms with Gasteiger partial charge in [0.05, 0.1) is 0 Å². The minimum absolute atomic E-state index is 0.435. The minimum Gasteiger partial charge on any atom is -0.352 e. The lowest BCUT2D eigenvalue weighted by molar-refractivity contribution is 0.354. The van der Waals surface area contributed by atoms with E-state index in [1.807, 2.05) is 34.7 Å². The molecule has 2 aromatic rings. The van der Waals surface area contributed by atoms with Gasteiger partial charge in [-0.3, -0.25) is 4.57 Å². The number of hydrogen-bond donors (Lipinski definition) is 0. The lowest BCUT2D eigenvalue weighted by Crippen LogP contribution is -2.51. The molecule has 24 heavy (non-hydrogen) atoms. The normalized spacial score (nSPS) is 16.8. The molecular weight excluding hydrogens is 330 g/mol. The van der Waals surface area contributed by atoms with E-state index in [2.05, 4.69) is 15.2 Å². The van der Waals surface area contributed by atoms with Gasteiger partial charge in [-0.2, -0.15) is 17.0 Å². The fourth-order valence-corrected chi connectivity index (χ4v) is 3.70. The van der Waals surface area contributed by atoms with Crippen molar-refractivity contribution in [1.82, 2.24) is 28.4 Å². The van der Waals surface area contributed by atoms with Gasteiger partial charge < -0.3 is 4.90 Å². The molecule has 1 fully saturated rings. The average Bonchev–Trinajstić information content (AvgIpc) is 3.01. The van der Waals surface area contributed by atoms with Crippen LogP contribution in [-0.2, 0) is 10.2 Å². The van der Waals surface area contributed by atoms with Crippen LogP contribution in [0.5, 0.6) is 0 Å². The fourth-order valence-electron chi connectivity index (χ4n) is 2.61. The Bertz CT molecular complexity index is 793. The highest BCUT2D eigenvalue weighted by atomic mass is 32.2. The van der Waals surface area contributed by atoms with Crippen molar-refractivity contribution in [3.63, 3.8) is 0 Å². The topological polar surface area (TPSA) is 87.5 Å². The van der Waals surface area contributed by atoms with E-state index in [1.165, 1.54) is 8.61 Å². The second-order valence-electron chi connectivity index (χ2n) is 5.77. The molecule has 0 bridgehead atoms. The van der Waals surface area contributed by atoms with E-state index in [4.69, 9.17) is 0 Å². The molecule has 3 rings (SSSR count). The highest BCUT2D eigenvalue weighted by Gasteiger charge is 2.29. The average molecular weight is 351 g/mol. The summed E-state index contributed by atoms with van der Waals surface area (Å²) in [4.78, 5) is 6.21. The quantitative estimate of drug-likeness (QED) is 0.764. The largest absolute Gasteiger partial charge is 0.352 e. The number of rotatable bonds is 4. The van der Waals surface area contributed by atoms with E-state index < -0.39 is 10.2 Å². The molecule has 1 aliphatic heterocycles. The summed E-state index contributed by atoms with van der Waals surface area (Å²) in [6, 6.07) is 3.79. The van der Waals surface area contributed by atoms with Crippen LogP contribution in [0, 0.1) is 6.92 Å². The zero-order valence-corrected chi connectivity index (χ0v) is 14.8. The summed E-state index contributed by atoms with van der Waals surface area (Å²) >= 11 is 0. The van der Waals surface area contributed by atoms with E-state index in [0.29, 0.717) is 32.0 Å². The van der Waals surface area contributed by atoms with Gasteiger partial charge in [0.2, 0.25) is 0 Å². The number of hydrogen-bond acceptors (Lipinski definition) is 6. The first-order valence-corrected chi connectivity index (χ1v) is 9.06. The molecule has 0 amide bonds. The van der Waals surface area contributed by atoms with Gasteiger partial charge in [0, 0.05) is 52.7 Å². The van der Waals surface area contributed by atoms with Gasteiger partial charge in [-0.15, -0.1) is 10.2 Å². The Morgan fingerprint density at radius 3 is 2.17 bits per heavy atom. The first-order chi connectivity index (χ1) is 11.4. The molecule has 1 saturated heterocycles. The molecule has 3 heterocycles. The van der Waals surface area contributed by atoms with Gasteiger partial charge in [-0.25, -0.2) is 4.98 Å². The Kier molecular flexibility index (Phi) is 4.52. The number of imidazole rings is 1. The number of aromatic nitrogens is 4. The molecule has 0 aromatic carbocycles. The molecule has 9 nitrogen and oxygen atoms in total. The number of anilines is 1. The molecule has 0 atom stereocenters. The highest BCUT2D eigenvalue weighted by molar-refractivity contribution is 7.86. The van der Waals surface area contributed by atoms with E-state index in [-0.39, 0.29) is 0 Å². The minimum atomic E-state index is -3.35. The first-order valence-electron chi connectivity index (χ1n) is 7.66. The van der Waals surface area contributed by atoms with Crippen molar-refractivity contribution in [3.05, 3.63) is 30.4 Å². The maximum Gasteiger partial charge on any atom is 0.281 e. The van der Waals surface area contributed by atoms with Crippen LogP contribution in [0.3, 0.4) is 0 Å². The maximum absolute atomic E-state index is 12.1. The van der Waals surface area contributed by atoms with Gasteiger partial charge >= 0.3 is 0 Å². The molecule has 0 radical (unpaired) electrons. The standard InChI is InChI=1S/C14H21N7O2S/c1-12-15-6-7-21(12)14-5-4-13(16-17-14)19-8-10-20(11-9-19)24(22,23)18(2)3/h4-7H,8-11H2,1-3H3. The van der Waals surface area contributed by atoms with Crippen molar-refractivity contribution in [1.29, 1.82) is 0 Å². The van der Waals surface area contributed by atoms with Gasteiger partial charge in [-0.1, -0.05) is 0 Å². The van der Waals surface area contributed by atoms with Gasteiger partial charge in [0.25, 0.3) is 10.2 Å². The van der Waals surface area contributed by atoms with E-state index in [0.717, 1.165) is 11.6 Å². The fraction of sp³-hybridized carbons (Fsp3) is 0.500. The molecule has 0 unspecified atom stereocenters. The van der Waals surface area contributed by atoms with Crippen LogP contribution in [0.15, 0.2) is 24.5 Å². The summed E-state index contributed by atoms with van der Waals surface area (Å²) in [6.45, 7) is 3.95. The van der Waals surface area contributed by atoms with Crippen LogP contribution in [0.2, 0.25) is 0 Å². The number of piperazine rings is 1. The van der Waals surface area contributed by atoms with Crippen molar-refractivity contribution in [2.45, 2.75) is 6.92 Å². The van der Waals surface area contributed by atoms with Gasteiger partial charge in [-0.05, 0) is 19.1 Å². The Balaban J connectivity index is 1.68. The zero-order valence-electron chi connectivity index (χ0n) is 14.0. The monoisotopic (exact) mass is 351 g/mol. The Morgan fingerprint density at radius 2 is 1.67 bits per heavy atom. The van der Waals surface area contributed by atoms with Crippen LogP contribution in [-0.4, -0.2) is 77.1 Å². The van der Waals surface area contributed by atoms with Crippen LogP contribution < -0.4 is 4.90 Å². The summed E-state index contributed by atoms with van der Waals surface area (Å²) < 4.78 is 28.9. The predicted octanol–water partition coefficient (Wildman–Crippen LogP) is -0.101. The van der Waals surface area contributed by atoms with Crippen molar-refractivity contribution in [2.24, 2.45) is 0 Å². The highest BCUT2D eigenvalue weighted by Crippen LogP contribution is 2.16. The number of aryl methyl sites for hydroxylation is 1. The lowest BCUT2D eigenvalue weighted by Gasteiger charge is -2.35. The first kappa shape index (κ1) is 16.8. The van der Waals surface area contributed by atoms with E-state index >= 15 is 0 Å². The van der Waals surface area contributed by atoms with Crippen LogP contribution in [0.1, 0.15) is 5.82 Å². The lowest BCUT2D eigenvalue weighted by atomic mass is 10.3. The van der Waals surface area contributed by atoms with Crippen molar-refractivity contribution in [2.75, 3.05) is 45.2 Å². The third kappa shape index (κ3) is 3.12. The van der Waals surface area contributed by atoms with Gasteiger partial charge in [0.15, 0.2) is 11.6 Å². The molecule has 0 saturated carbocycles. The number of nitrogens with zero attached hydrogens (tertiary/aromatic N) is 7. The van der Waals surface area contributed by atoms with E-state index in [1.54, 1.807) is 20.3 Å². The molecular formula is C14H21N7O2S. The molecule has 0 spiro atoms. The predicted molar refractivity (Wildman–Crippen MR) is 90.3 cm³/mol. The molecule has 0 aliphatic carbocycles. The Hall–Kier alpha value is -2.04. The molecule has 2 aromatic heterocycles. The summed E-state index contributed by atoms with van der Waals surface area (Å²) in [5.41, 5.74) is 0. The molecule has 1 aliphatic rings. The second kappa shape index (κ2) is 6.46. The third-order valence-electron chi connectivity index (χ3n) is 4.06. The Labute approximate surface area is 141 Å². The maximum atomic E-state index is 12.1. The van der Waals surface area contributed by atoms with Gasteiger partial charge in [0.1, 0.15) is 5.82 Å². The summed E-state index contributed by atoms with van der Waals surface area (Å²) in [7, 11) is -0.262. The van der Waals surface area contributed by atoms with Crippen molar-refractivity contribution >= 4 is 16.0 Å². The van der Waals surface area contributed by atoms with E-state index in [9.17, 15) is 8.42 Å². The summed E-state index contributed by atoms with van der Waals surface area (Å²) in [6.07, 6.45) is 3.55. The zero-order chi connectivity index (χ0) is 17.3. The SMILES string of the molecule is Cc1nccn1-c1ccc(N2CCN(S(=O)(=O)N(C)C)CC2)nn1. The summed E-state index contributed by atoms with van der Waals surface area (Å²) in [5, 5.41) is 8.52. The van der Waals surface area contributed by atoms with Crippen LogP contribution >= 0.6 is 0 Å².